The maximum absolute atomic E-state index is 11.8. The monoisotopic (exact) mass is 478 g/mol. The molecule has 8 heteroatoms. The van der Waals surface area contributed by atoms with Crippen LogP contribution >= 0.6 is 24.0 Å². The second-order valence-electron chi connectivity index (χ2n) is 5.95. The average Bonchev–Trinajstić information content (AvgIpc) is 2.59. The maximum atomic E-state index is 11.8. The summed E-state index contributed by atoms with van der Waals surface area (Å²) in [5.41, 5.74) is 2.20. The van der Waals surface area contributed by atoms with E-state index in [1.54, 1.807) is 28.3 Å². The molecule has 0 saturated heterocycles. The number of nitrogens with zero attached hydrogens (tertiary/aromatic N) is 3. The lowest BCUT2D eigenvalue weighted by atomic mass is 10.1. The molecule has 1 aromatic rings. The van der Waals surface area contributed by atoms with Crippen molar-refractivity contribution in [1.82, 2.24) is 15.1 Å². The topological polar surface area (TPSA) is 66.4 Å². The smallest absolute Gasteiger partial charge is 0.243 e. The highest BCUT2D eigenvalue weighted by Crippen LogP contribution is 2.30. The standard InChI is InChI=1S/C18H30N4O3.HI/c1-8-19-18(20-11-17(23)21(3)4)22(5)12-14-10-16(25-7)15(24-6)9-13(14)2;/h9-10H,8,11-12H2,1-7H3,(H,19,20);1H. The van der Waals surface area contributed by atoms with Gasteiger partial charge in [-0.05, 0) is 37.1 Å². The fraction of sp³-hybridized carbons (Fsp3) is 0.556. The molecule has 1 N–H and O–H groups in total. The molecule has 0 saturated carbocycles. The van der Waals surface area contributed by atoms with Gasteiger partial charge < -0.3 is 24.6 Å². The number of guanidine groups is 1. The molecule has 0 radical (unpaired) electrons. The molecule has 0 atom stereocenters. The van der Waals surface area contributed by atoms with Crippen molar-refractivity contribution >= 4 is 35.8 Å². The van der Waals surface area contributed by atoms with Gasteiger partial charge in [0.1, 0.15) is 6.54 Å². The lowest BCUT2D eigenvalue weighted by molar-refractivity contribution is -0.127. The third kappa shape index (κ3) is 6.89. The van der Waals surface area contributed by atoms with E-state index >= 15 is 0 Å². The van der Waals surface area contributed by atoms with E-state index < -0.39 is 0 Å². The highest BCUT2D eigenvalue weighted by atomic mass is 127. The van der Waals surface area contributed by atoms with Crippen LogP contribution in [0.4, 0.5) is 0 Å². The average molecular weight is 478 g/mol. The lowest BCUT2D eigenvalue weighted by Gasteiger charge is -2.24. The number of hydrogen-bond acceptors (Lipinski definition) is 4. The van der Waals surface area contributed by atoms with Gasteiger partial charge in [-0.1, -0.05) is 0 Å². The molecule has 0 bridgehead atoms. The van der Waals surface area contributed by atoms with Crippen molar-refractivity contribution in [3.63, 3.8) is 0 Å². The van der Waals surface area contributed by atoms with Gasteiger partial charge in [-0.3, -0.25) is 4.79 Å². The van der Waals surface area contributed by atoms with Gasteiger partial charge in [0.05, 0.1) is 14.2 Å². The molecule has 0 heterocycles. The maximum Gasteiger partial charge on any atom is 0.243 e. The fourth-order valence-electron chi connectivity index (χ4n) is 2.28. The van der Waals surface area contributed by atoms with E-state index in [2.05, 4.69) is 10.3 Å². The number of rotatable bonds is 7. The molecule has 148 valence electrons. The first-order chi connectivity index (χ1) is 11.8. The second kappa shape index (κ2) is 11.8. The molecule has 26 heavy (non-hydrogen) atoms. The molecular formula is C18H31IN4O3. The molecule has 7 nitrogen and oxygen atoms in total. The summed E-state index contributed by atoms with van der Waals surface area (Å²) in [6.07, 6.45) is 0. The molecule has 0 aliphatic carbocycles. The molecule has 0 fully saturated rings. The Bertz CT molecular complexity index is 621. The SMILES string of the molecule is CCNC(=NCC(=O)N(C)C)N(C)Cc1cc(OC)c(OC)cc1C.I. The van der Waals surface area contributed by atoms with E-state index in [1.807, 2.05) is 37.9 Å². The minimum Gasteiger partial charge on any atom is -0.493 e. The van der Waals surface area contributed by atoms with Crippen molar-refractivity contribution in [3.05, 3.63) is 23.3 Å². The van der Waals surface area contributed by atoms with Crippen LogP contribution in [0.3, 0.4) is 0 Å². The summed E-state index contributed by atoms with van der Waals surface area (Å²) < 4.78 is 10.7. The van der Waals surface area contributed by atoms with Crippen molar-refractivity contribution in [2.45, 2.75) is 20.4 Å². The van der Waals surface area contributed by atoms with Gasteiger partial charge in [-0.2, -0.15) is 0 Å². The Labute approximate surface area is 173 Å². The molecule has 0 aromatic heterocycles. The Hall–Kier alpha value is -1.71. The number of hydrogen-bond donors (Lipinski definition) is 1. The number of ether oxygens (including phenoxy) is 2. The van der Waals surface area contributed by atoms with E-state index in [-0.39, 0.29) is 36.4 Å². The number of carbonyl (C=O) groups excluding carboxylic acids is 1. The van der Waals surface area contributed by atoms with Gasteiger partial charge in [0.15, 0.2) is 17.5 Å². The largest absolute Gasteiger partial charge is 0.493 e. The van der Waals surface area contributed by atoms with Gasteiger partial charge >= 0.3 is 0 Å². The summed E-state index contributed by atoms with van der Waals surface area (Å²) in [5, 5.41) is 3.22. The van der Waals surface area contributed by atoms with Crippen molar-refractivity contribution in [2.24, 2.45) is 4.99 Å². The van der Waals surface area contributed by atoms with Crippen LogP contribution in [0.1, 0.15) is 18.1 Å². The Morgan fingerprint density at radius 2 is 1.73 bits per heavy atom. The van der Waals surface area contributed by atoms with E-state index in [0.29, 0.717) is 24.0 Å². The summed E-state index contributed by atoms with van der Waals surface area (Å²) in [6, 6.07) is 3.93. The van der Waals surface area contributed by atoms with Crippen LogP contribution in [0.2, 0.25) is 0 Å². The van der Waals surface area contributed by atoms with Crippen LogP contribution in [0, 0.1) is 6.92 Å². The lowest BCUT2D eigenvalue weighted by Crippen LogP contribution is -2.39. The molecule has 0 aliphatic heterocycles. The summed E-state index contributed by atoms with van der Waals surface area (Å²) in [5.74, 6) is 2.06. The fourth-order valence-corrected chi connectivity index (χ4v) is 2.28. The highest BCUT2D eigenvalue weighted by Gasteiger charge is 2.13. The number of aliphatic imine (C=N–C) groups is 1. The first-order valence-electron chi connectivity index (χ1n) is 8.25. The van der Waals surface area contributed by atoms with E-state index in [9.17, 15) is 4.79 Å². The number of methoxy groups -OCH3 is 2. The predicted octanol–water partition coefficient (Wildman–Crippen LogP) is 2.12. The molecule has 1 aromatic carbocycles. The number of nitrogens with one attached hydrogen (secondary N) is 1. The van der Waals surface area contributed by atoms with Crippen molar-refractivity contribution in [2.75, 3.05) is 48.5 Å². The zero-order chi connectivity index (χ0) is 19.0. The van der Waals surface area contributed by atoms with Crippen LogP contribution < -0.4 is 14.8 Å². The van der Waals surface area contributed by atoms with Gasteiger partial charge in [0, 0.05) is 34.2 Å². The van der Waals surface area contributed by atoms with Crippen LogP contribution in [0.15, 0.2) is 17.1 Å². The van der Waals surface area contributed by atoms with Crippen molar-refractivity contribution in [1.29, 1.82) is 0 Å². The normalized spacial score (nSPS) is 10.7. The summed E-state index contributed by atoms with van der Waals surface area (Å²) in [6.45, 7) is 5.51. The Kier molecular flexibility index (Phi) is 11.0. The Morgan fingerprint density at radius 3 is 2.23 bits per heavy atom. The first kappa shape index (κ1) is 24.3. The van der Waals surface area contributed by atoms with Crippen LogP contribution in [-0.2, 0) is 11.3 Å². The summed E-state index contributed by atoms with van der Waals surface area (Å²) >= 11 is 0. The molecule has 1 rings (SSSR count). The number of likely N-dealkylation sites (N-methyl/N-ethyl adjacent to an activating group) is 1. The van der Waals surface area contributed by atoms with Crippen LogP contribution in [-0.4, -0.2) is 70.1 Å². The predicted molar refractivity (Wildman–Crippen MR) is 116 cm³/mol. The van der Waals surface area contributed by atoms with Gasteiger partial charge in [0.2, 0.25) is 5.91 Å². The van der Waals surface area contributed by atoms with E-state index in [4.69, 9.17) is 9.47 Å². The third-order valence-corrected chi connectivity index (χ3v) is 3.81. The highest BCUT2D eigenvalue weighted by molar-refractivity contribution is 14.0. The van der Waals surface area contributed by atoms with Gasteiger partial charge in [-0.25, -0.2) is 4.99 Å². The number of benzene rings is 1. The van der Waals surface area contributed by atoms with E-state index in [0.717, 1.165) is 17.7 Å². The molecule has 0 unspecified atom stereocenters. The van der Waals surface area contributed by atoms with Gasteiger partial charge in [-0.15, -0.1) is 24.0 Å². The Morgan fingerprint density at radius 1 is 1.15 bits per heavy atom. The van der Waals surface area contributed by atoms with Gasteiger partial charge in [0.25, 0.3) is 0 Å². The molecule has 1 amide bonds. The summed E-state index contributed by atoms with van der Waals surface area (Å²) in [7, 11) is 8.64. The van der Waals surface area contributed by atoms with E-state index in [1.165, 1.54) is 4.90 Å². The molecule has 0 spiro atoms. The molecule has 0 aliphatic rings. The van der Waals surface area contributed by atoms with Crippen molar-refractivity contribution in [3.8, 4) is 11.5 Å². The number of amides is 1. The Balaban J connectivity index is 0.00000625. The van der Waals surface area contributed by atoms with Crippen LogP contribution in [0.25, 0.3) is 0 Å². The number of aryl methyl sites for hydroxylation is 1. The quantitative estimate of drug-likeness (QED) is 0.370. The summed E-state index contributed by atoms with van der Waals surface area (Å²) in [4.78, 5) is 19.7. The van der Waals surface area contributed by atoms with Crippen LogP contribution in [0.5, 0.6) is 11.5 Å². The second-order valence-corrected chi connectivity index (χ2v) is 5.95. The first-order valence-corrected chi connectivity index (χ1v) is 8.25. The minimum atomic E-state index is -0.0360. The minimum absolute atomic E-state index is 0. The zero-order valence-corrected chi connectivity index (χ0v) is 19.1. The van der Waals surface area contributed by atoms with Crippen molar-refractivity contribution < 1.29 is 14.3 Å². The molecular weight excluding hydrogens is 447 g/mol. The number of halogens is 1. The third-order valence-electron chi connectivity index (χ3n) is 3.81. The number of carbonyl (C=O) groups is 1. The zero-order valence-electron chi connectivity index (χ0n) is 16.8.